The lowest BCUT2D eigenvalue weighted by Gasteiger charge is -2.64. The molecular formula is C42H75FO4Si2. The molecule has 0 amide bonds. The van der Waals surface area contributed by atoms with E-state index in [-0.39, 0.29) is 49.9 Å². The van der Waals surface area contributed by atoms with Crippen molar-refractivity contribution in [3.63, 3.8) is 0 Å². The smallest absolute Gasteiger partial charge is 0.330 e. The first kappa shape index (κ1) is 41.0. The van der Waals surface area contributed by atoms with Gasteiger partial charge in [-0.15, -0.1) is 0 Å². The van der Waals surface area contributed by atoms with Gasteiger partial charge in [0.05, 0.1) is 19.3 Å². The van der Waals surface area contributed by atoms with E-state index >= 15 is 4.39 Å². The zero-order chi connectivity index (χ0) is 37.4. The van der Waals surface area contributed by atoms with Gasteiger partial charge in [-0.25, -0.2) is 9.18 Å². The number of alkyl halides is 1. The van der Waals surface area contributed by atoms with Gasteiger partial charge in [0.2, 0.25) is 0 Å². The van der Waals surface area contributed by atoms with Crippen molar-refractivity contribution >= 4 is 22.6 Å². The number of rotatable bonds is 9. The molecule has 0 aromatic carbocycles. The fraction of sp³-hybridized carbons (Fsp3) is 0.881. The Morgan fingerprint density at radius 3 is 2.06 bits per heavy atom. The Balaban J connectivity index is 1.67. The highest BCUT2D eigenvalue weighted by Crippen LogP contribution is 2.73. The van der Waals surface area contributed by atoms with Gasteiger partial charge >= 0.3 is 5.97 Å². The number of fused-ring (bicyclic) bond motifs is 4. The van der Waals surface area contributed by atoms with Crippen LogP contribution in [0.5, 0.6) is 0 Å². The summed E-state index contributed by atoms with van der Waals surface area (Å²) in [7, 11) is -2.77. The van der Waals surface area contributed by atoms with E-state index in [4.69, 9.17) is 13.6 Å². The van der Waals surface area contributed by atoms with Crippen molar-refractivity contribution < 1.29 is 22.8 Å². The molecule has 0 bridgehead atoms. The average Bonchev–Trinajstić information content (AvgIpc) is 3.23. The molecule has 9 atom stereocenters. The predicted molar refractivity (Wildman–Crippen MR) is 208 cm³/mol. The van der Waals surface area contributed by atoms with Crippen molar-refractivity contribution in [1.29, 1.82) is 0 Å². The van der Waals surface area contributed by atoms with Gasteiger partial charge in [0.1, 0.15) is 6.17 Å². The second-order valence-electron chi connectivity index (χ2n) is 21.1. The van der Waals surface area contributed by atoms with Crippen molar-refractivity contribution in [2.24, 2.45) is 39.4 Å². The minimum absolute atomic E-state index is 0.0406. The third-order valence-corrected chi connectivity index (χ3v) is 25.2. The van der Waals surface area contributed by atoms with Crippen molar-refractivity contribution in [3.05, 3.63) is 23.3 Å². The van der Waals surface area contributed by atoms with E-state index in [1.165, 1.54) is 20.0 Å². The molecule has 7 heteroatoms. The number of carbonyl (C=O) groups is 1. The molecular weight excluding hydrogens is 644 g/mol. The van der Waals surface area contributed by atoms with Crippen molar-refractivity contribution in [2.45, 2.75) is 189 Å². The summed E-state index contributed by atoms with van der Waals surface area (Å²) in [6, 6.07) is 0. The van der Waals surface area contributed by atoms with Gasteiger partial charge in [-0.3, -0.25) is 0 Å². The molecule has 0 radical (unpaired) electrons. The van der Waals surface area contributed by atoms with Gasteiger partial charge in [0.25, 0.3) is 0 Å². The lowest BCUT2D eigenvalue weighted by Crippen LogP contribution is -2.62. The van der Waals surface area contributed by atoms with Crippen LogP contribution in [-0.4, -0.2) is 48.1 Å². The van der Waals surface area contributed by atoms with E-state index in [0.717, 1.165) is 25.7 Å². The van der Waals surface area contributed by atoms with Crippen LogP contribution in [0.3, 0.4) is 0 Å². The number of halogens is 1. The molecule has 0 spiro atoms. The van der Waals surface area contributed by atoms with Crippen LogP contribution in [-0.2, 0) is 18.4 Å². The predicted octanol–water partition coefficient (Wildman–Crippen LogP) is 12.2. The maximum absolute atomic E-state index is 16.8. The Morgan fingerprint density at radius 1 is 0.918 bits per heavy atom. The molecule has 282 valence electrons. The molecule has 4 rings (SSSR count). The van der Waals surface area contributed by atoms with E-state index in [0.29, 0.717) is 30.6 Å². The molecule has 3 unspecified atom stereocenters. The van der Waals surface area contributed by atoms with Crippen molar-refractivity contribution in [2.75, 3.05) is 7.11 Å². The quantitative estimate of drug-likeness (QED) is 0.103. The summed E-state index contributed by atoms with van der Waals surface area (Å²) in [6.45, 7) is 37.6. The van der Waals surface area contributed by atoms with Crippen molar-refractivity contribution in [1.82, 2.24) is 0 Å². The van der Waals surface area contributed by atoms with Crippen LogP contribution in [0.2, 0.25) is 36.3 Å². The molecule has 4 nitrogen and oxygen atoms in total. The third-order valence-electron chi connectivity index (χ3n) is 16.2. The Morgan fingerprint density at radius 2 is 1.51 bits per heavy atom. The number of methoxy groups -OCH3 is 1. The average molecular weight is 719 g/mol. The first-order chi connectivity index (χ1) is 22.1. The molecule has 0 aromatic rings. The fourth-order valence-corrected chi connectivity index (χ4v) is 13.8. The summed E-state index contributed by atoms with van der Waals surface area (Å²) in [5.74, 6) is 0.953. The normalized spacial score (nSPS) is 36.6. The summed E-state index contributed by atoms with van der Waals surface area (Å²) < 4.78 is 35.9. The second-order valence-corrected chi connectivity index (χ2v) is 30.7. The first-order valence-corrected chi connectivity index (χ1v) is 25.4. The molecule has 0 heterocycles. The van der Waals surface area contributed by atoms with Gasteiger partial charge in [0.15, 0.2) is 16.6 Å². The second kappa shape index (κ2) is 13.3. The summed E-state index contributed by atoms with van der Waals surface area (Å²) in [6.07, 6.45) is 10.4. The van der Waals surface area contributed by atoms with Gasteiger partial charge < -0.3 is 13.6 Å². The number of allylic oxidation sites excluding steroid dienone is 2. The van der Waals surface area contributed by atoms with Crippen LogP contribution in [0.25, 0.3) is 0 Å². The zero-order valence-corrected chi connectivity index (χ0v) is 36.8. The first-order valence-electron chi connectivity index (χ1n) is 19.6. The topological polar surface area (TPSA) is 44.8 Å². The van der Waals surface area contributed by atoms with E-state index in [9.17, 15) is 4.79 Å². The lowest BCUT2D eigenvalue weighted by molar-refractivity contribution is -0.134. The van der Waals surface area contributed by atoms with E-state index < -0.39 is 22.8 Å². The minimum atomic E-state index is -2.13. The van der Waals surface area contributed by atoms with Gasteiger partial charge in [-0.2, -0.15) is 0 Å². The largest absolute Gasteiger partial charge is 0.466 e. The molecule has 4 aliphatic carbocycles. The fourth-order valence-electron chi connectivity index (χ4n) is 10.9. The van der Waals surface area contributed by atoms with Crippen LogP contribution in [0.4, 0.5) is 4.39 Å². The van der Waals surface area contributed by atoms with Crippen LogP contribution in [0, 0.1) is 39.4 Å². The summed E-state index contributed by atoms with van der Waals surface area (Å²) >= 11 is 0. The summed E-state index contributed by atoms with van der Waals surface area (Å²) in [5, 5.41) is 0.150. The van der Waals surface area contributed by atoms with E-state index in [2.05, 4.69) is 109 Å². The van der Waals surface area contributed by atoms with Gasteiger partial charge in [0, 0.05) is 6.08 Å². The molecule has 0 aromatic heterocycles. The lowest BCUT2D eigenvalue weighted by atomic mass is 9.43. The van der Waals surface area contributed by atoms with Crippen LogP contribution < -0.4 is 0 Å². The molecule has 2 saturated carbocycles. The number of ether oxygens (including phenoxy) is 1. The third kappa shape index (κ3) is 6.91. The van der Waals surface area contributed by atoms with E-state index in [1.807, 2.05) is 6.08 Å². The maximum atomic E-state index is 16.8. The number of carbonyl (C=O) groups excluding carboxylic acids is 1. The summed E-state index contributed by atoms with van der Waals surface area (Å²) in [5.41, 5.74) is 3.15. The molecule has 2 fully saturated rings. The minimum Gasteiger partial charge on any atom is -0.466 e. The highest BCUT2D eigenvalue weighted by molar-refractivity contribution is 6.74. The van der Waals surface area contributed by atoms with Crippen molar-refractivity contribution in [3.8, 4) is 0 Å². The zero-order valence-electron chi connectivity index (χ0n) is 34.8. The van der Waals surface area contributed by atoms with Gasteiger partial charge in [-0.05, 0) is 127 Å². The van der Waals surface area contributed by atoms with Gasteiger partial charge in [-0.1, -0.05) is 100 Å². The van der Waals surface area contributed by atoms with E-state index in [1.54, 1.807) is 17.2 Å². The molecule has 0 aliphatic heterocycles. The number of esters is 1. The Kier molecular flexibility index (Phi) is 11.1. The SMILES string of the molecule is COC(=O)/C=C/CC(O[Si](C)(C)C(C)(C)C)[C@@H](C)[C@H]1CC[C@@]2(C)C3=C(CC[C@]12C)[C@@]1(C)C[C@@H](F)C(O[Si](C)(C)C(C)(C)C)C(C)(C)C1CC3. The standard InChI is InChI=1S/C42H75FO4Si2/c1-28(33(19-18-20-35(44)45-13)46-48(14,15)37(2,3)4)29-23-25-42(12)31-21-22-34-39(8,9)36(47-49(16,17)38(5,6)7)32(43)27-40(34,10)30(31)24-26-41(29,42)11/h18,20,28-29,32-34,36H,19,21-27H2,1-17H3/b20-18+/t28-,29+,32+,33?,34?,36?,40+,41+,42-/m0/s1. The van der Waals surface area contributed by atoms with Crippen LogP contribution >= 0.6 is 0 Å². The highest BCUT2D eigenvalue weighted by atomic mass is 28.4. The Hall–Kier alpha value is -0.766. The Bertz CT molecular complexity index is 1300. The van der Waals surface area contributed by atoms with Crippen LogP contribution in [0.15, 0.2) is 23.3 Å². The number of hydrogen-bond acceptors (Lipinski definition) is 4. The number of hydrogen-bond donors (Lipinski definition) is 0. The molecule has 0 N–H and O–H groups in total. The maximum Gasteiger partial charge on any atom is 0.330 e. The molecule has 4 aliphatic rings. The Labute approximate surface area is 303 Å². The van der Waals surface area contributed by atoms with Crippen LogP contribution in [0.1, 0.15) is 134 Å². The highest BCUT2D eigenvalue weighted by Gasteiger charge is 2.66. The summed E-state index contributed by atoms with van der Waals surface area (Å²) in [4.78, 5) is 12.0. The monoisotopic (exact) mass is 719 g/mol. The molecule has 49 heavy (non-hydrogen) atoms. The molecule has 0 saturated heterocycles.